The molecule has 0 aliphatic carbocycles. The Balaban J connectivity index is 1.14. The van der Waals surface area contributed by atoms with E-state index >= 15 is 0 Å². The first-order valence-corrected chi connectivity index (χ1v) is 12.4. The molecule has 0 spiro atoms. The third-order valence-corrected chi connectivity index (χ3v) is 7.33. The molecular weight excluding hydrogens is 490 g/mol. The predicted molar refractivity (Wildman–Crippen MR) is 139 cm³/mol. The van der Waals surface area contributed by atoms with E-state index in [1.54, 1.807) is 47.0 Å². The highest BCUT2D eigenvalue weighted by molar-refractivity contribution is 7.21. The highest BCUT2D eigenvalue weighted by Gasteiger charge is 2.22. The number of hydrogen-bond acceptors (Lipinski definition) is 8. The first kappa shape index (κ1) is 23.0. The van der Waals surface area contributed by atoms with Crippen molar-refractivity contribution in [3.05, 3.63) is 77.9 Å². The monoisotopic (exact) mass is 513 g/mol. The molecule has 5 aromatic heterocycles. The number of pyridine rings is 2. The van der Waals surface area contributed by atoms with Crippen molar-refractivity contribution in [1.29, 1.82) is 0 Å². The first-order chi connectivity index (χ1) is 17.9. The third kappa shape index (κ3) is 4.59. The fraction of sp³-hybridized carbons (Fsp3) is 0.200. The van der Waals surface area contributed by atoms with Gasteiger partial charge >= 0.3 is 0 Å². The molecule has 37 heavy (non-hydrogen) atoms. The highest BCUT2D eigenvalue weighted by atomic mass is 32.1. The van der Waals surface area contributed by atoms with Gasteiger partial charge in [-0.05, 0) is 24.6 Å². The zero-order chi connectivity index (χ0) is 25.5. The lowest BCUT2D eigenvalue weighted by Crippen LogP contribution is -2.29. The third-order valence-electron chi connectivity index (χ3n) is 6.17. The summed E-state index contributed by atoms with van der Waals surface area (Å²) in [5, 5.41) is 14.4. The Hall–Kier alpha value is -4.42. The van der Waals surface area contributed by atoms with Gasteiger partial charge in [0.25, 0.3) is 5.91 Å². The minimum atomic E-state index is -0.301. The summed E-state index contributed by atoms with van der Waals surface area (Å²) in [5.74, 6) is -0.458. The van der Waals surface area contributed by atoms with Crippen molar-refractivity contribution < 1.29 is 9.59 Å². The molecule has 0 aromatic carbocycles. The van der Waals surface area contributed by atoms with E-state index in [-0.39, 0.29) is 18.4 Å². The van der Waals surface area contributed by atoms with Gasteiger partial charge in [0.1, 0.15) is 4.83 Å². The van der Waals surface area contributed by atoms with E-state index in [9.17, 15) is 9.59 Å². The average molecular weight is 514 g/mol. The Morgan fingerprint density at radius 2 is 1.97 bits per heavy atom. The molecule has 0 saturated carbocycles. The van der Waals surface area contributed by atoms with Gasteiger partial charge in [-0.15, -0.1) is 11.3 Å². The van der Waals surface area contributed by atoms with Crippen LogP contribution in [0.3, 0.4) is 0 Å². The van der Waals surface area contributed by atoms with Crippen LogP contribution in [0.2, 0.25) is 0 Å². The fourth-order valence-electron chi connectivity index (χ4n) is 4.32. The van der Waals surface area contributed by atoms with Crippen molar-refractivity contribution in [3.63, 3.8) is 0 Å². The van der Waals surface area contributed by atoms with Crippen LogP contribution in [0.4, 0.5) is 11.4 Å². The summed E-state index contributed by atoms with van der Waals surface area (Å²) in [6.07, 6.45) is 10.5. The van der Waals surface area contributed by atoms with Crippen LogP contribution < -0.4 is 10.6 Å². The van der Waals surface area contributed by atoms with Crippen LogP contribution in [0, 0.1) is 6.92 Å². The Bertz CT molecular complexity index is 1630. The summed E-state index contributed by atoms with van der Waals surface area (Å²) < 4.78 is 3.42. The number of amides is 2. The van der Waals surface area contributed by atoms with Gasteiger partial charge < -0.3 is 10.6 Å². The van der Waals surface area contributed by atoms with Gasteiger partial charge in [0.15, 0.2) is 0 Å². The van der Waals surface area contributed by atoms with Gasteiger partial charge in [-0.1, -0.05) is 6.07 Å². The molecule has 5 aromatic rings. The van der Waals surface area contributed by atoms with Gasteiger partial charge in [0.2, 0.25) is 5.91 Å². The number of thiazole rings is 1. The number of aromatic nitrogens is 6. The van der Waals surface area contributed by atoms with E-state index in [2.05, 4.69) is 30.8 Å². The summed E-state index contributed by atoms with van der Waals surface area (Å²) in [6, 6.07) is 5.65. The topological polar surface area (TPSA) is 122 Å². The Kier molecular flexibility index (Phi) is 5.74. The lowest BCUT2D eigenvalue weighted by atomic mass is 10.2. The second kappa shape index (κ2) is 9.22. The lowest BCUT2D eigenvalue weighted by Gasteiger charge is -2.15. The van der Waals surface area contributed by atoms with E-state index < -0.39 is 0 Å². The maximum atomic E-state index is 13.2. The zero-order valence-corrected chi connectivity index (χ0v) is 21.0. The second-order valence-corrected chi connectivity index (χ2v) is 9.95. The number of carbonyl (C=O) groups is 2. The van der Waals surface area contributed by atoms with E-state index in [4.69, 9.17) is 0 Å². The Morgan fingerprint density at radius 1 is 1.08 bits per heavy atom. The fourth-order valence-corrected chi connectivity index (χ4v) is 5.36. The number of nitrogens with one attached hydrogen (secondary N) is 2. The van der Waals surface area contributed by atoms with Gasteiger partial charge in [0, 0.05) is 44.3 Å². The van der Waals surface area contributed by atoms with Crippen LogP contribution in [0.5, 0.6) is 0 Å². The maximum absolute atomic E-state index is 13.2. The number of fused-ring (bicyclic) bond motifs is 2. The van der Waals surface area contributed by atoms with E-state index in [0.29, 0.717) is 35.7 Å². The number of aryl methyl sites for hydroxylation is 2. The normalized spacial score (nSPS) is 13.1. The number of anilines is 2. The second-order valence-electron chi connectivity index (χ2n) is 8.92. The van der Waals surface area contributed by atoms with Gasteiger partial charge in [-0.25, -0.2) is 4.52 Å². The minimum absolute atomic E-state index is 0.157. The zero-order valence-electron chi connectivity index (χ0n) is 20.2. The lowest BCUT2D eigenvalue weighted by molar-refractivity contribution is -0.117. The number of rotatable bonds is 6. The largest absolute Gasteiger partial charge is 0.324 e. The van der Waals surface area contributed by atoms with Crippen LogP contribution in [0.25, 0.3) is 15.3 Å². The van der Waals surface area contributed by atoms with Crippen molar-refractivity contribution in [2.75, 3.05) is 17.2 Å². The Morgan fingerprint density at radius 3 is 2.78 bits per heavy atom. The van der Waals surface area contributed by atoms with E-state index in [0.717, 1.165) is 26.5 Å². The quantitative estimate of drug-likeness (QED) is 0.358. The summed E-state index contributed by atoms with van der Waals surface area (Å²) in [5.41, 5.74) is 5.23. The van der Waals surface area contributed by atoms with Crippen LogP contribution in [-0.2, 0) is 24.9 Å². The molecule has 1 aliphatic rings. The number of hydrogen-bond donors (Lipinski definition) is 2. The Labute approximate surface area is 215 Å². The SMILES string of the molecule is Cc1ncc(NC(=O)CN2Cc3cccnc3C2)cc1NC(=O)c1cnn2cc(-c3cnn(C)c3)sc12. The average Bonchev–Trinajstić information content (AvgIpc) is 3.63. The molecule has 0 radical (unpaired) electrons. The van der Waals surface area contributed by atoms with Crippen molar-refractivity contribution in [1.82, 2.24) is 34.3 Å². The van der Waals surface area contributed by atoms with Crippen LogP contribution >= 0.6 is 11.3 Å². The molecule has 186 valence electrons. The molecule has 11 nitrogen and oxygen atoms in total. The van der Waals surface area contributed by atoms with Gasteiger partial charge in [0.05, 0.1) is 58.3 Å². The molecule has 12 heteroatoms. The van der Waals surface area contributed by atoms with Gasteiger partial charge in [-0.2, -0.15) is 10.2 Å². The predicted octanol–water partition coefficient (Wildman–Crippen LogP) is 3.10. The molecule has 6 heterocycles. The van der Waals surface area contributed by atoms with E-state index in [1.807, 2.05) is 36.5 Å². The van der Waals surface area contributed by atoms with Crippen molar-refractivity contribution >= 4 is 39.4 Å². The molecule has 2 amide bonds. The summed E-state index contributed by atoms with van der Waals surface area (Å²) >= 11 is 1.47. The summed E-state index contributed by atoms with van der Waals surface area (Å²) in [7, 11) is 1.86. The highest BCUT2D eigenvalue weighted by Crippen LogP contribution is 2.30. The molecule has 0 atom stereocenters. The maximum Gasteiger partial charge on any atom is 0.260 e. The molecule has 0 fully saturated rings. The summed E-state index contributed by atoms with van der Waals surface area (Å²) in [6.45, 7) is 3.37. The van der Waals surface area contributed by atoms with Crippen molar-refractivity contribution in [3.8, 4) is 10.4 Å². The van der Waals surface area contributed by atoms with Crippen LogP contribution in [0.1, 0.15) is 27.3 Å². The standard InChI is InChI=1S/C25H23N9O2S/c1-15-20(6-18(8-27-15)30-23(35)14-33-11-16-4-3-5-26-21(16)12-33)31-24(36)19-9-29-34-13-22(37-25(19)34)17-7-28-32(2)10-17/h3-10,13H,11-12,14H2,1-2H3,(H,30,35)(H,31,36). The van der Waals surface area contributed by atoms with Crippen molar-refractivity contribution in [2.45, 2.75) is 20.0 Å². The molecule has 0 bridgehead atoms. The molecule has 0 unspecified atom stereocenters. The number of carbonyl (C=O) groups excluding carboxylic acids is 2. The minimum Gasteiger partial charge on any atom is -0.324 e. The first-order valence-electron chi connectivity index (χ1n) is 11.6. The molecule has 6 rings (SSSR count). The van der Waals surface area contributed by atoms with Crippen molar-refractivity contribution in [2.24, 2.45) is 7.05 Å². The van der Waals surface area contributed by atoms with Crippen LogP contribution in [-0.4, -0.2) is 52.6 Å². The number of nitrogens with zero attached hydrogens (tertiary/aromatic N) is 7. The molecular formula is C25H23N9O2S. The molecule has 2 N–H and O–H groups in total. The molecule has 0 saturated heterocycles. The molecule has 1 aliphatic heterocycles. The van der Waals surface area contributed by atoms with Crippen LogP contribution in [0.15, 0.2) is 55.4 Å². The smallest absolute Gasteiger partial charge is 0.260 e. The van der Waals surface area contributed by atoms with Gasteiger partial charge in [-0.3, -0.25) is 29.1 Å². The summed E-state index contributed by atoms with van der Waals surface area (Å²) in [4.78, 5) is 38.3. The van der Waals surface area contributed by atoms with E-state index in [1.165, 1.54) is 11.3 Å².